The Labute approximate surface area is 96.6 Å². The van der Waals surface area contributed by atoms with E-state index in [1.165, 1.54) is 17.9 Å². The lowest BCUT2D eigenvalue weighted by atomic mass is 10.4. The minimum absolute atomic E-state index is 0.999. The maximum atomic E-state index is 4.27. The van der Waals surface area contributed by atoms with Crippen LogP contribution in [0.2, 0.25) is 0 Å². The number of hydrogen-bond acceptors (Lipinski definition) is 3. The standard InChI is InChI=1S/C11H21N3S/c1-3-9-14-11(6-8-13-14)12-7-5-10-15-4-2/h6,8,12H,3-5,7,9-10H2,1-2H3. The molecule has 86 valence electrons. The van der Waals surface area contributed by atoms with Crippen molar-refractivity contribution in [2.24, 2.45) is 0 Å². The van der Waals surface area contributed by atoms with Gasteiger partial charge in [0.25, 0.3) is 0 Å². The first-order valence-electron chi connectivity index (χ1n) is 5.72. The molecule has 1 heterocycles. The molecular formula is C11H21N3S. The molecule has 1 aromatic heterocycles. The molecule has 0 amide bonds. The second kappa shape index (κ2) is 7.63. The summed E-state index contributed by atoms with van der Waals surface area (Å²) < 4.78 is 2.03. The minimum Gasteiger partial charge on any atom is -0.370 e. The van der Waals surface area contributed by atoms with Crippen LogP contribution in [-0.2, 0) is 6.54 Å². The monoisotopic (exact) mass is 227 g/mol. The maximum absolute atomic E-state index is 4.27. The summed E-state index contributed by atoms with van der Waals surface area (Å²) in [7, 11) is 0. The highest BCUT2D eigenvalue weighted by Crippen LogP contribution is 2.07. The Balaban J connectivity index is 2.21. The Morgan fingerprint density at radius 3 is 3.07 bits per heavy atom. The quantitative estimate of drug-likeness (QED) is 0.693. The molecule has 0 saturated carbocycles. The number of thioether (sulfide) groups is 1. The van der Waals surface area contributed by atoms with Crippen LogP contribution in [0.5, 0.6) is 0 Å². The maximum Gasteiger partial charge on any atom is 0.124 e. The zero-order chi connectivity index (χ0) is 10.9. The van der Waals surface area contributed by atoms with E-state index < -0.39 is 0 Å². The summed E-state index contributed by atoms with van der Waals surface area (Å²) in [5, 5.41) is 7.69. The molecule has 0 saturated heterocycles. The number of rotatable bonds is 8. The molecule has 0 aliphatic carbocycles. The third kappa shape index (κ3) is 4.60. The lowest BCUT2D eigenvalue weighted by Crippen LogP contribution is -2.09. The van der Waals surface area contributed by atoms with E-state index in [0.717, 1.165) is 25.3 Å². The van der Waals surface area contributed by atoms with Crippen molar-refractivity contribution in [1.82, 2.24) is 9.78 Å². The molecule has 3 nitrogen and oxygen atoms in total. The summed E-state index contributed by atoms with van der Waals surface area (Å²) >= 11 is 2.00. The highest BCUT2D eigenvalue weighted by Gasteiger charge is 1.99. The molecule has 0 aromatic carbocycles. The summed E-state index contributed by atoms with van der Waals surface area (Å²) in [6.07, 6.45) is 4.21. The van der Waals surface area contributed by atoms with Gasteiger partial charge in [0.05, 0.1) is 6.20 Å². The van der Waals surface area contributed by atoms with Crippen molar-refractivity contribution in [3.8, 4) is 0 Å². The third-order valence-corrected chi connectivity index (χ3v) is 3.11. The Kier molecular flexibility index (Phi) is 6.32. The van der Waals surface area contributed by atoms with Gasteiger partial charge in [-0.2, -0.15) is 16.9 Å². The molecule has 1 rings (SSSR count). The van der Waals surface area contributed by atoms with Gasteiger partial charge in [-0.1, -0.05) is 13.8 Å². The number of hydrogen-bond donors (Lipinski definition) is 1. The van der Waals surface area contributed by atoms with Crippen molar-refractivity contribution in [2.75, 3.05) is 23.4 Å². The molecule has 0 spiro atoms. The van der Waals surface area contributed by atoms with Crippen LogP contribution < -0.4 is 5.32 Å². The fourth-order valence-corrected chi connectivity index (χ4v) is 2.04. The van der Waals surface area contributed by atoms with Crippen LogP contribution in [-0.4, -0.2) is 27.8 Å². The van der Waals surface area contributed by atoms with Gasteiger partial charge in [0.2, 0.25) is 0 Å². The fraction of sp³-hybridized carbons (Fsp3) is 0.727. The highest BCUT2D eigenvalue weighted by atomic mass is 32.2. The SMILES string of the molecule is CCCn1nccc1NCCCSCC. The molecule has 0 bridgehead atoms. The first-order valence-corrected chi connectivity index (χ1v) is 6.87. The topological polar surface area (TPSA) is 29.9 Å². The molecule has 0 aliphatic heterocycles. The van der Waals surface area contributed by atoms with E-state index in [1.807, 2.05) is 28.7 Å². The lowest BCUT2D eigenvalue weighted by molar-refractivity contribution is 0.607. The normalized spacial score (nSPS) is 10.5. The van der Waals surface area contributed by atoms with Gasteiger partial charge >= 0.3 is 0 Å². The van der Waals surface area contributed by atoms with Crippen molar-refractivity contribution in [3.05, 3.63) is 12.3 Å². The Bertz CT molecular complexity index is 260. The van der Waals surface area contributed by atoms with Gasteiger partial charge < -0.3 is 5.32 Å². The number of nitrogens with one attached hydrogen (secondary N) is 1. The van der Waals surface area contributed by atoms with Crippen LogP contribution >= 0.6 is 11.8 Å². The number of aromatic nitrogens is 2. The minimum atomic E-state index is 0.999. The largest absolute Gasteiger partial charge is 0.370 e. The summed E-state index contributed by atoms with van der Waals surface area (Å²) in [4.78, 5) is 0. The smallest absolute Gasteiger partial charge is 0.124 e. The van der Waals surface area contributed by atoms with Crippen molar-refractivity contribution in [3.63, 3.8) is 0 Å². The molecule has 0 fully saturated rings. The molecule has 1 N–H and O–H groups in total. The van der Waals surface area contributed by atoms with Gasteiger partial charge in [0.1, 0.15) is 5.82 Å². The summed E-state index contributed by atoms with van der Waals surface area (Å²) in [5.41, 5.74) is 0. The van der Waals surface area contributed by atoms with Crippen molar-refractivity contribution in [2.45, 2.75) is 33.2 Å². The van der Waals surface area contributed by atoms with Crippen molar-refractivity contribution >= 4 is 17.6 Å². The Morgan fingerprint density at radius 2 is 2.33 bits per heavy atom. The van der Waals surface area contributed by atoms with Gasteiger partial charge in [-0.3, -0.25) is 0 Å². The van der Waals surface area contributed by atoms with Crippen LogP contribution in [0.15, 0.2) is 12.3 Å². The molecular weight excluding hydrogens is 206 g/mol. The zero-order valence-electron chi connectivity index (χ0n) is 9.70. The number of anilines is 1. The van der Waals surface area contributed by atoms with E-state index >= 15 is 0 Å². The fourth-order valence-electron chi connectivity index (χ4n) is 1.41. The van der Waals surface area contributed by atoms with Gasteiger partial charge in [-0.15, -0.1) is 0 Å². The van der Waals surface area contributed by atoms with Gasteiger partial charge in [0.15, 0.2) is 0 Å². The van der Waals surface area contributed by atoms with Crippen LogP contribution in [0, 0.1) is 0 Å². The van der Waals surface area contributed by atoms with E-state index in [0.29, 0.717) is 0 Å². The van der Waals surface area contributed by atoms with E-state index in [-0.39, 0.29) is 0 Å². The molecule has 15 heavy (non-hydrogen) atoms. The summed E-state index contributed by atoms with van der Waals surface area (Å²) in [5.74, 6) is 3.61. The van der Waals surface area contributed by atoms with E-state index in [4.69, 9.17) is 0 Å². The van der Waals surface area contributed by atoms with Gasteiger partial charge in [-0.25, -0.2) is 4.68 Å². The average molecular weight is 227 g/mol. The molecule has 0 aliphatic rings. The summed E-state index contributed by atoms with van der Waals surface area (Å²) in [6, 6.07) is 2.04. The van der Waals surface area contributed by atoms with Crippen molar-refractivity contribution in [1.29, 1.82) is 0 Å². The first-order chi connectivity index (χ1) is 7.38. The number of aryl methyl sites for hydroxylation is 1. The van der Waals surface area contributed by atoms with Crippen molar-refractivity contribution < 1.29 is 0 Å². The van der Waals surface area contributed by atoms with E-state index in [1.54, 1.807) is 0 Å². The molecule has 0 unspecified atom stereocenters. The van der Waals surface area contributed by atoms with Crippen LogP contribution in [0.4, 0.5) is 5.82 Å². The second-order valence-electron chi connectivity index (χ2n) is 3.42. The molecule has 1 aromatic rings. The Morgan fingerprint density at radius 1 is 1.47 bits per heavy atom. The molecule has 0 radical (unpaired) electrons. The van der Waals surface area contributed by atoms with Gasteiger partial charge in [-0.05, 0) is 24.3 Å². The predicted octanol–water partition coefficient (Wildman–Crippen LogP) is 2.85. The van der Waals surface area contributed by atoms with E-state index in [9.17, 15) is 0 Å². The lowest BCUT2D eigenvalue weighted by Gasteiger charge is -2.08. The van der Waals surface area contributed by atoms with Gasteiger partial charge in [0, 0.05) is 19.2 Å². The van der Waals surface area contributed by atoms with Crippen LogP contribution in [0.25, 0.3) is 0 Å². The van der Waals surface area contributed by atoms with E-state index in [2.05, 4.69) is 24.3 Å². The first kappa shape index (κ1) is 12.4. The van der Waals surface area contributed by atoms with Crippen LogP contribution in [0.1, 0.15) is 26.7 Å². The zero-order valence-corrected chi connectivity index (χ0v) is 10.5. The Hall–Kier alpha value is -0.640. The molecule has 4 heteroatoms. The highest BCUT2D eigenvalue weighted by molar-refractivity contribution is 7.99. The second-order valence-corrected chi connectivity index (χ2v) is 4.81. The number of nitrogens with zero attached hydrogens (tertiary/aromatic N) is 2. The molecule has 0 atom stereocenters. The van der Waals surface area contributed by atoms with Crippen LogP contribution in [0.3, 0.4) is 0 Å². The third-order valence-electron chi connectivity index (χ3n) is 2.13. The predicted molar refractivity (Wildman–Crippen MR) is 68.6 cm³/mol. The summed E-state index contributed by atoms with van der Waals surface area (Å²) in [6.45, 7) is 6.42. The average Bonchev–Trinajstić information content (AvgIpc) is 2.66.